The number of likely N-dealkylation sites (N-methyl/N-ethyl adjacent to an activating group) is 1. The molecule has 0 radical (unpaired) electrons. The van der Waals surface area contributed by atoms with Crippen LogP contribution in [0, 0.1) is 0 Å². The molecule has 0 aromatic carbocycles. The third-order valence-electron chi connectivity index (χ3n) is 4.82. The predicted octanol–water partition coefficient (Wildman–Crippen LogP) is 3.61. The molecule has 1 unspecified atom stereocenters. The zero-order chi connectivity index (χ0) is 15.0. The number of aromatic nitrogens is 3. The number of alkyl halides is 1. The van der Waals surface area contributed by atoms with Crippen molar-refractivity contribution in [3.63, 3.8) is 0 Å². The molecule has 2 aromatic heterocycles. The van der Waals surface area contributed by atoms with Gasteiger partial charge in [-0.05, 0) is 46.0 Å². The summed E-state index contributed by atoms with van der Waals surface area (Å²) in [6.45, 7) is 2.90. The van der Waals surface area contributed by atoms with Crippen molar-refractivity contribution >= 4 is 22.8 Å². The van der Waals surface area contributed by atoms with Crippen molar-refractivity contribution < 1.29 is 0 Å². The Labute approximate surface area is 131 Å². The highest BCUT2D eigenvalue weighted by molar-refractivity contribution is 6.20. The van der Waals surface area contributed by atoms with Crippen molar-refractivity contribution in [3.8, 4) is 0 Å². The average molecular weight is 307 g/mol. The lowest BCUT2D eigenvalue weighted by molar-refractivity contribution is 0.134. The molecule has 0 saturated heterocycles. The Morgan fingerprint density at radius 3 is 2.71 bits per heavy atom. The van der Waals surface area contributed by atoms with Crippen molar-refractivity contribution in [3.05, 3.63) is 24.2 Å². The van der Waals surface area contributed by atoms with Crippen molar-refractivity contribution in [2.24, 2.45) is 0 Å². The van der Waals surface area contributed by atoms with Gasteiger partial charge in [0.05, 0.1) is 5.38 Å². The number of rotatable bonds is 4. The maximum absolute atomic E-state index is 6.37. The maximum atomic E-state index is 6.37. The fourth-order valence-electron chi connectivity index (χ4n) is 3.51. The SMILES string of the molecule is CC(Cl)c1nc2cccnc2n1CC1(N(C)C)CCCC1. The first kappa shape index (κ1) is 14.8. The van der Waals surface area contributed by atoms with Crippen LogP contribution in [0.3, 0.4) is 0 Å². The van der Waals surface area contributed by atoms with E-state index in [0.717, 1.165) is 23.5 Å². The van der Waals surface area contributed by atoms with E-state index >= 15 is 0 Å². The standard InChI is InChI=1S/C16H23ClN4/c1-12(17)14-19-13-7-6-10-18-15(13)21(14)11-16(20(2)3)8-4-5-9-16/h6-7,10,12H,4-5,8-9,11H2,1-3H3. The first-order chi connectivity index (χ1) is 10.0. The summed E-state index contributed by atoms with van der Waals surface area (Å²) in [6, 6.07) is 3.94. The molecule has 1 saturated carbocycles. The van der Waals surface area contributed by atoms with Gasteiger partial charge in [-0.2, -0.15) is 0 Å². The Hall–Kier alpha value is -1.13. The van der Waals surface area contributed by atoms with E-state index in [1.807, 2.05) is 25.3 Å². The second-order valence-corrected chi connectivity index (χ2v) is 7.00. The quantitative estimate of drug-likeness (QED) is 0.809. The summed E-state index contributed by atoms with van der Waals surface area (Å²) in [4.78, 5) is 11.6. The number of nitrogens with zero attached hydrogens (tertiary/aromatic N) is 4. The molecule has 3 rings (SSSR count). The molecule has 21 heavy (non-hydrogen) atoms. The molecule has 2 heterocycles. The monoisotopic (exact) mass is 306 g/mol. The molecular weight excluding hydrogens is 284 g/mol. The van der Waals surface area contributed by atoms with Crippen molar-refractivity contribution in [2.45, 2.75) is 50.1 Å². The third-order valence-corrected chi connectivity index (χ3v) is 5.02. The summed E-state index contributed by atoms with van der Waals surface area (Å²) >= 11 is 6.37. The van der Waals surface area contributed by atoms with E-state index in [1.54, 1.807) is 0 Å². The van der Waals surface area contributed by atoms with Gasteiger partial charge in [-0.1, -0.05) is 12.8 Å². The van der Waals surface area contributed by atoms with Crippen molar-refractivity contribution in [1.82, 2.24) is 19.4 Å². The Balaban J connectivity index is 2.08. The summed E-state index contributed by atoms with van der Waals surface area (Å²) in [5, 5.41) is -0.111. The van der Waals surface area contributed by atoms with E-state index in [-0.39, 0.29) is 10.9 Å². The summed E-state index contributed by atoms with van der Waals surface area (Å²) < 4.78 is 2.23. The number of hydrogen-bond acceptors (Lipinski definition) is 3. The lowest BCUT2D eigenvalue weighted by Crippen LogP contribution is -2.45. The van der Waals surface area contributed by atoms with E-state index in [2.05, 4.69) is 28.5 Å². The predicted molar refractivity (Wildman–Crippen MR) is 86.7 cm³/mol. The molecule has 5 heteroatoms. The summed E-state index contributed by atoms with van der Waals surface area (Å²) in [5.41, 5.74) is 2.09. The van der Waals surface area contributed by atoms with Crippen LogP contribution in [0.25, 0.3) is 11.2 Å². The molecule has 114 valence electrons. The lowest BCUT2D eigenvalue weighted by atomic mass is 9.96. The van der Waals surface area contributed by atoms with Crippen LogP contribution in [0.15, 0.2) is 18.3 Å². The topological polar surface area (TPSA) is 34.0 Å². The Morgan fingerprint density at radius 2 is 2.10 bits per heavy atom. The average Bonchev–Trinajstić information content (AvgIpc) is 3.05. The minimum Gasteiger partial charge on any atom is -0.310 e. The smallest absolute Gasteiger partial charge is 0.160 e. The molecule has 0 aliphatic heterocycles. The largest absolute Gasteiger partial charge is 0.310 e. The van der Waals surface area contributed by atoms with E-state index in [4.69, 9.17) is 16.6 Å². The van der Waals surface area contributed by atoms with Crippen LogP contribution in [0.2, 0.25) is 0 Å². The van der Waals surface area contributed by atoms with Gasteiger partial charge in [-0.15, -0.1) is 11.6 Å². The van der Waals surface area contributed by atoms with Gasteiger partial charge in [-0.25, -0.2) is 9.97 Å². The minimum atomic E-state index is -0.111. The zero-order valence-corrected chi connectivity index (χ0v) is 13.8. The molecule has 2 aromatic rings. The van der Waals surface area contributed by atoms with Gasteiger partial charge >= 0.3 is 0 Å². The summed E-state index contributed by atoms with van der Waals surface area (Å²) in [7, 11) is 4.36. The molecular formula is C16H23ClN4. The number of pyridine rings is 1. The van der Waals surface area contributed by atoms with Crippen LogP contribution in [0.5, 0.6) is 0 Å². The van der Waals surface area contributed by atoms with Crippen molar-refractivity contribution in [2.75, 3.05) is 14.1 Å². The van der Waals surface area contributed by atoms with Crippen LogP contribution in [0.1, 0.15) is 43.8 Å². The van der Waals surface area contributed by atoms with Crippen LogP contribution in [-0.2, 0) is 6.54 Å². The van der Waals surface area contributed by atoms with E-state index in [1.165, 1.54) is 25.7 Å². The van der Waals surface area contributed by atoms with Gasteiger partial charge < -0.3 is 9.47 Å². The van der Waals surface area contributed by atoms with Gasteiger partial charge in [0, 0.05) is 18.3 Å². The molecule has 1 aliphatic carbocycles. The fourth-order valence-corrected chi connectivity index (χ4v) is 3.68. The normalized spacial score (nSPS) is 19.5. The third kappa shape index (κ3) is 2.55. The van der Waals surface area contributed by atoms with E-state index < -0.39 is 0 Å². The van der Waals surface area contributed by atoms with Crippen molar-refractivity contribution in [1.29, 1.82) is 0 Å². The molecule has 0 spiro atoms. The molecule has 1 fully saturated rings. The van der Waals surface area contributed by atoms with Crippen LogP contribution in [-0.4, -0.2) is 39.1 Å². The molecule has 0 amide bonds. The molecule has 1 aliphatic rings. The highest BCUT2D eigenvalue weighted by atomic mass is 35.5. The van der Waals surface area contributed by atoms with Gasteiger partial charge in [0.15, 0.2) is 5.65 Å². The summed E-state index contributed by atoms with van der Waals surface area (Å²) in [5.74, 6) is 0.929. The number of imidazole rings is 1. The lowest BCUT2D eigenvalue weighted by Gasteiger charge is -2.37. The molecule has 4 nitrogen and oxygen atoms in total. The number of hydrogen-bond donors (Lipinski definition) is 0. The van der Waals surface area contributed by atoms with Crippen LogP contribution < -0.4 is 0 Å². The first-order valence-electron chi connectivity index (χ1n) is 7.66. The second kappa shape index (κ2) is 5.58. The molecule has 0 N–H and O–H groups in total. The zero-order valence-electron chi connectivity index (χ0n) is 13.0. The van der Waals surface area contributed by atoms with Gasteiger partial charge in [0.1, 0.15) is 11.3 Å². The number of fused-ring (bicyclic) bond motifs is 1. The van der Waals surface area contributed by atoms with E-state index in [9.17, 15) is 0 Å². The minimum absolute atomic E-state index is 0.111. The molecule has 1 atom stereocenters. The van der Waals surface area contributed by atoms with Gasteiger partial charge in [0.25, 0.3) is 0 Å². The Bertz CT molecular complexity index is 626. The summed E-state index contributed by atoms with van der Waals surface area (Å²) in [6.07, 6.45) is 6.87. The van der Waals surface area contributed by atoms with Crippen LogP contribution >= 0.6 is 11.6 Å². The van der Waals surface area contributed by atoms with E-state index in [0.29, 0.717) is 0 Å². The highest BCUT2D eigenvalue weighted by Gasteiger charge is 2.37. The number of halogens is 1. The van der Waals surface area contributed by atoms with Crippen LogP contribution in [0.4, 0.5) is 0 Å². The molecule has 0 bridgehead atoms. The Morgan fingerprint density at radius 1 is 1.38 bits per heavy atom. The fraction of sp³-hybridized carbons (Fsp3) is 0.625. The van der Waals surface area contributed by atoms with Gasteiger partial charge in [-0.3, -0.25) is 0 Å². The first-order valence-corrected chi connectivity index (χ1v) is 8.10. The second-order valence-electron chi connectivity index (χ2n) is 6.34. The van der Waals surface area contributed by atoms with Gasteiger partial charge in [0.2, 0.25) is 0 Å². The Kier molecular flexibility index (Phi) is 3.93. The highest BCUT2D eigenvalue weighted by Crippen LogP contribution is 2.37. The maximum Gasteiger partial charge on any atom is 0.160 e.